The zero-order valence-electron chi connectivity index (χ0n) is 85.7. The van der Waals surface area contributed by atoms with Crippen LogP contribution < -0.4 is 26.6 Å². The van der Waals surface area contributed by atoms with Crippen LogP contribution in [0.5, 0.6) is 0 Å². The Morgan fingerprint density at radius 1 is 0.347 bits per heavy atom. The standard InChI is InChI=1S/C30H39N3O3S.C29H37N3O3S.C28H36N4O3S.C28H35N3O3S/c1-4-9-24(34)17-23(18-29-32-26-13-12-21(5-2)16-28(26)37-29)30(36)33-25(22-10-7-6-8-11-22)14-15-27(35)20(3)19-31;1-4-20-11-12-25-27(15-20)36-28(31-25)17-22(16-23(33)5-2)29(35)32-24(21-9-7-6-8-10-21)13-14-26(34)19(3)18-30;1-4-19-10-11-23-25(14-19)36-27(31-23)16-21(15-26(34)30-3)28(35)32-22(20-8-6-5-7-9-20)12-13-24(33)18(2)17-29;1-4-20-10-11-24-26(15-20)35-27(30-24)16-22(14-19(3)32)28(34)31-23(21-8-6-5-7-9-21)12-13-25(33)18(2)17-29/h12-13,16,22-23,25H,3-11,14-15,17-18H2,1-2H3,(H,33,36);11-12,15,21-22,24H,3-10,13-14,16-17H2,1-2H3,(H,32,35);10-11,14,20-22H,2,4-9,12-13,15-16H2,1,3H3,(H,30,34)(H,32,35);10-11,15,21-23H,2,4-9,12-14,16H2,1,3H3,(H,31,34)/t23-,25+;22-,24+;21-,22+;22-,23+/m0000/s1. The third-order valence-electron chi connectivity index (χ3n) is 28.7. The Labute approximate surface area is 866 Å². The average Bonchev–Trinajstić information content (AvgIpc) is 1.69. The molecule has 0 unspecified atom stereocenters. The number of carbonyl (C=O) groups is 12. The van der Waals surface area contributed by atoms with Crippen molar-refractivity contribution in [3.8, 4) is 24.3 Å². The Bertz CT molecular complexity index is 5820. The first-order valence-corrected chi connectivity index (χ1v) is 55.6. The van der Waals surface area contributed by atoms with Crippen LogP contribution in [-0.4, -0.2) is 121 Å². The highest BCUT2D eigenvalue weighted by atomic mass is 32.1. The molecule has 5 N–H and O–H groups in total. The van der Waals surface area contributed by atoms with Gasteiger partial charge in [-0.15, -0.1) is 45.3 Å². The first kappa shape index (κ1) is 116. The minimum atomic E-state index is -0.563. The number of Topliss-reactive ketones (excluding diaryl/α,β-unsaturated/α-hetero) is 7. The largest absolute Gasteiger partial charge is 0.359 e. The molecule has 5 amide bonds. The quantitative estimate of drug-likeness (QED) is 0.0175. The highest BCUT2D eigenvalue weighted by molar-refractivity contribution is 7.19. The summed E-state index contributed by atoms with van der Waals surface area (Å²) in [5, 5.41) is 54.8. The molecule has 12 rings (SSSR count). The van der Waals surface area contributed by atoms with Crippen molar-refractivity contribution in [2.75, 3.05) is 7.05 Å². The van der Waals surface area contributed by atoms with Gasteiger partial charge in [0.1, 0.15) is 41.6 Å². The number of nitrogens with one attached hydrogen (secondary N) is 5. The van der Waals surface area contributed by atoms with E-state index in [9.17, 15) is 57.5 Å². The lowest BCUT2D eigenvalue weighted by Crippen LogP contribution is -2.45. The Morgan fingerprint density at radius 3 is 0.812 bits per heavy atom. The molecule has 0 radical (unpaired) electrons. The normalized spacial score (nSPS) is 15.7. The minimum absolute atomic E-state index is 0.0331. The van der Waals surface area contributed by atoms with Gasteiger partial charge in [0, 0.05) is 121 Å². The molecule has 8 aromatic rings. The van der Waals surface area contributed by atoms with Crippen molar-refractivity contribution in [2.45, 2.75) is 349 Å². The van der Waals surface area contributed by atoms with E-state index in [1.807, 2.05) is 62.4 Å². The van der Waals surface area contributed by atoms with Crippen molar-refractivity contribution in [1.82, 2.24) is 46.5 Å². The summed E-state index contributed by atoms with van der Waals surface area (Å²) >= 11 is 6.32. The number of aryl methyl sites for hydroxylation is 4. The second kappa shape index (κ2) is 60.4. The maximum atomic E-state index is 13.6. The highest BCUT2D eigenvalue weighted by Gasteiger charge is 2.37. The molecule has 0 saturated heterocycles. The van der Waals surface area contributed by atoms with E-state index in [0.29, 0.717) is 82.0 Å². The number of fused-ring (bicyclic) bond motifs is 4. The van der Waals surface area contributed by atoms with E-state index in [1.165, 1.54) is 54.9 Å². The number of thiazole rings is 4. The van der Waals surface area contributed by atoms with E-state index in [-0.39, 0.29) is 174 Å². The number of nitriles is 4. The molecule has 0 spiro atoms. The summed E-state index contributed by atoms with van der Waals surface area (Å²) in [6, 6.07) is 31.6. The first-order valence-electron chi connectivity index (χ1n) is 52.3. The molecule has 4 fully saturated rings. The number of rotatable bonds is 51. The topological polar surface area (TPSA) is 412 Å². The van der Waals surface area contributed by atoms with E-state index < -0.39 is 23.7 Å². The lowest BCUT2D eigenvalue weighted by Gasteiger charge is -2.32. The fourth-order valence-corrected chi connectivity index (χ4v) is 24.4. The van der Waals surface area contributed by atoms with Gasteiger partial charge in [-0.05, 0) is 211 Å². The molecule has 4 aliphatic rings. The van der Waals surface area contributed by atoms with Crippen LogP contribution in [0.3, 0.4) is 0 Å². The van der Waals surface area contributed by atoms with Crippen molar-refractivity contribution in [3.63, 3.8) is 0 Å². The molecular weight excluding hydrogens is 1880 g/mol. The highest BCUT2D eigenvalue weighted by Crippen LogP contribution is 2.38. The molecule has 8 atom stereocenters. The van der Waals surface area contributed by atoms with Crippen molar-refractivity contribution in [1.29, 1.82) is 21.0 Å². The fourth-order valence-electron chi connectivity index (χ4n) is 20.0. The Kier molecular flexibility index (Phi) is 48.6. The molecule has 4 heterocycles. The van der Waals surface area contributed by atoms with E-state index in [1.54, 1.807) is 52.4 Å². The van der Waals surface area contributed by atoms with Gasteiger partial charge in [0.15, 0.2) is 23.1 Å². The van der Waals surface area contributed by atoms with Crippen molar-refractivity contribution >= 4 is 156 Å². The van der Waals surface area contributed by atoms with Gasteiger partial charge in [0.2, 0.25) is 29.5 Å². The second-order valence-corrected chi connectivity index (χ2v) is 43.8. The van der Waals surface area contributed by atoms with Crippen molar-refractivity contribution in [3.05, 3.63) is 164 Å². The number of hydrogen-bond donors (Lipinski definition) is 5. The minimum Gasteiger partial charge on any atom is -0.359 e. The third kappa shape index (κ3) is 36.9. The smallest absolute Gasteiger partial charge is 0.224 e. The van der Waals surface area contributed by atoms with E-state index in [0.717, 1.165) is 196 Å². The molecule has 4 aromatic carbocycles. The summed E-state index contributed by atoms with van der Waals surface area (Å²) in [4.78, 5) is 171. The van der Waals surface area contributed by atoms with Gasteiger partial charge in [0.05, 0.1) is 107 Å². The fraction of sp³-hybridized carbons (Fsp3) is 0.548. The summed E-state index contributed by atoms with van der Waals surface area (Å²) in [7, 11) is 1.57. The number of allylic oxidation sites excluding steroid dienone is 4. The Balaban J connectivity index is 0.000000214. The van der Waals surface area contributed by atoms with Gasteiger partial charge >= 0.3 is 0 Å². The molecule has 144 heavy (non-hydrogen) atoms. The number of benzene rings is 4. The second-order valence-electron chi connectivity index (χ2n) is 39.3. The van der Waals surface area contributed by atoms with Crippen LogP contribution in [0.25, 0.3) is 40.9 Å². The summed E-state index contributed by atoms with van der Waals surface area (Å²) in [6.45, 7) is 27.9. The maximum Gasteiger partial charge on any atom is 0.224 e. The van der Waals surface area contributed by atoms with Crippen molar-refractivity contribution in [2.24, 2.45) is 47.3 Å². The van der Waals surface area contributed by atoms with Gasteiger partial charge in [-0.3, -0.25) is 52.7 Å². The summed E-state index contributed by atoms with van der Waals surface area (Å²) in [5.41, 5.74) is 8.46. The number of nitrogens with zero attached hydrogens (tertiary/aromatic N) is 8. The van der Waals surface area contributed by atoms with Crippen LogP contribution in [0.1, 0.15) is 315 Å². The zero-order chi connectivity index (χ0) is 104. The van der Waals surface area contributed by atoms with Gasteiger partial charge in [0.25, 0.3) is 0 Å². The number of amides is 5. The van der Waals surface area contributed by atoms with Crippen LogP contribution in [0, 0.1) is 92.7 Å². The molecule has 0 aliphatic heterocycles. The van der Waals surface area contributed by atoms with Gasteiger partial charge in [-0.2, -0.15) is 21.0 Å². The number of aromatic nitrogens is 4. The van der Waals surface area contributed by atoms with Crippen LogP contribution in [0.15, 0.2) is 121 Å². The molecule has 768 valence electrons. The van der Waals surface area contributed by atoms with Gasteiger partial charge < -0.3 is 31.4 Å². The molecular formula is C115H147N13O12S4. The van der Waals surface area contributed by atoms with Gasteiger partial charge in [-0.25, -0.2) is 19.9 Å². The van der Waals surface area contributed by atoms with E-state index in [2.05, 4.69) is 129 Å². The maximum absolute atomic E-state index is 13.6. The van der Waals surface area contributed by atoms with Crippen LogP contribution in [-0.2, 0) is 109 Å². The molecule has 25 nitrogen and oxygen atoms in total. The predicted molar refractivity (Wildman–Crippen MR) is 573 cm³/mol. The monoisotopic (exact) mass is 2030 g/mol. The van der Waals surface area contributed by atoms with Crippen LogP contribution in [0.4, 0.5) is 0 Å². The van der Waals surface area contributed by atoms with Gasteiger partial charge in [-0.1, -0.05) is 169 Å². The third-order valence-corrected chi connectivity index (χ3v) is 32.9. The molecule has 4 aliphatic carbocycles. The number of hydrogen-bond acceptors (Lipinski definition) is 24. The number of ketones is 7. The summed E-state index contributed by atoms with van der Waals surface area (Å²) in [5.74, 6) is -2.71. The predicted octanol–water partition coefficient (Wildman–Crippen LogP) is 22.3. The molecule has 4 saturated carbocycles. The van der Waals surface area contributed by atoms with E-state index >= 15 is 0 Å². The zero-order valence-corrected chi connectivity index (χ0v) is 89.0. The van der Waals surface area contributed by atoms with E-state index in [4.69, 9.17) is 41.0 Å². The molecule has 4 aromatic heterocycles. The molecule has 29 heteroatoms. The lowest BCUT2D eigenvalue weighted by atomic mass is 9.81. The molecule has 0 bridgehead atoms. The first-order chi connectivity index (χ1) is 69.3. The van der Waals surface area contributed by atoms with Crippen molar-refractivity contribution < 1.29 is 57.5 Å². The van der Waals surface area contributed by atoms with Crippen LogP contribution >= 0.6 is 45.3 Å². The SMILES string of the molecule is C=C(C#N)C(=O)CC[C@@H](NC(=O)[C@@H](CC(=O)CC)Cc1nc2ccc(CC)cc2s1)C1CCCCC1.C=C(C#N)C(=O)CC[C@@H](NC(=O)[C@@H](CC(=O)CCC)Cc1nc2ccc(CC)cc2s1)C1CCCCC1.C=C(C#N)C(=O)CC[C@@H](NC(=O)[C@@H](CC(=O)NC)Cc1nc2ccc(CC)cc2s1)C1CCCCC1.C=C(C#N)C(=O)CC[C@@H](NC(=O)[C@@H](CC(C)=O)Cc1nc2ccc(CC)cc2s1)C1CCCCC1. The van der Waals surface area contributed by atoms with Crippen LogP contribution in [0.2, 0.25) is 0 Å². The number of carbonyl (C=O) groups excluding carboxylic acids is 12. The average molecular weight is 2030 g/mol. The summed E-state index contributed by atoms with van der Waals surface area (Å²) < 4.78 is 4.38. The lowest BCUT2D eigenvalue weighted by molar-refractivity contribution is -0.131. The Hall–Kier alpha value is -11.6. The summed E-state index contributed by atoms with van der Waals surface area (Å²) in [6.07, 6.45) is 31.9. The Morgan fingerprint density at radius 2 is 0.590 bits per heavy atom.